The van der Waals surface area contributed by atoms with Gasteiger partial charge in [0.25, 0.3) is 0 Å². The molecule has 1 amide bonds. The van der Waals surface area contributed by atoms with Gasteiger partial charge in [0.1, 0.15) is 12.2 Å². The summed E-state index contributed by atoms with van der Waals surface area (Å²) in [5, 5.41) is 33.8. The lowest BCUT2D eigenvalue weighted by molar-refractivity contribution is -0.191. The monoisotopic (exact) mass is 459 g/mol. The molecule has 1 aromatic carbocycles. The Morgan fingerprint density at radius 3 is 2.79 bits per heavy atom. The molecular weight excluding hydrogens is 430 g/mol. The van der Waals surface area contributed by atoms with Crippen LogP contribution in [0.3, 0.4) is 0 Å². The third-order valence-electron chi connectivity index (χ3n) is 6.13. The Morgan fingerprint density at radius 1 is 1.33 bits per heavy atom. The molecule has 1 aliphatic carbocycles. The second kappa shape index (κ2) is 9.54. The number of hydrogen-bond donors (Lipinski definition) is 4. The van der Waals surface area contributed by atoms with Gasteiger partial charge in [0.05, 0.1) is 30.7 Å². The van der Waals surface area contributed by atoms with Crippen molar-refractivity contribution in [2.45, 2.75) is 76.8 Å². The molecule has 5 atom stereocenters. The quantitative estimate of drug-likeness (QED) is 0.524. The van der Waals surface area contributed by atoms with E-state index < -0.39 is 37.3 Å². The zero-order valence-electron chi connectivity index (χ0n) is 18.6. The van der Waals surface area contributed by atoms with Crippen LogP contribution in [0.4, 0.5) is 0 Å². The first-order valence-corrected chi connectivity index (χ1v) is 11.1. The van der Waals surface area contributed by atoms with E-state index in [4.69, 9.17) is 14.2 Å². The largest absolute Gasteiger partial charge is 0.502 e. The van der Waals surface area contributed by atoms with E-state index >= 15 is 0 Å². The maximum atomic E-state index is 12.9. The summed E-state index contributed by atoms with van der Waals surface area (Å²) < 4.78 is 17.6. The van der Waals surface area contributed by atoms with Gasteiger partial charge in [-0.2, -0.15) is 0 Å². The number of ether oxygens (including phenoxy) is 3. The van der Waals surface area contributed by atoms with Crippen molar-refractivity contribution in [3.05, 3.63) is 41.0 Å². The van der Waals surface area contributed by atoms with Crippen molar-refractivity contribution in [2.24, 2.45) is 0 Å². The fourth-order valence-corrected chi connectivity index (χ4v) is 4.49. The Labute approximate surface area is 191 Å². The number of Topliss-reactive ketones (excluding diaryl/α,β-unsaturated/α-hetero) is 1. The predicted molar refractivity (Wildman–Crippen MR) is 117 cm³/mol. The number of fused-ring (bicyclic) bond motifs is 1. The number of rotatable bonds is 5. The van der Waals surface area contributed by atoms with Gasteiger partial charge in [0, 0.05) is 13.3 Å². The first kappa shape index (κ1) is 23.3. The van der Waals surface area contributed by atoms with Gasteiger partial charge < -0.3 is 34.8 Å². The summed E-state index contributed by atoms with van der Waals surface area (Å²) in [7, 11) is 0. The van der Waals surface area contributed by atoms with Crippen LogP contribution < -0.4 is 14.8 Å². The zero-order chi connectivity index (χ0) is 23.7. The molecule has 4 rings (SSSR count). The normalized spacial score (nSPS) is 29.0. The molecule has 0 aromatic heterocycles. The second-order valence-corrected chi connectivity index (χ2v) is 8.58. The van der Waals surface area contributed by atoms with Crippen LogP contribution in [0.1, 0.15) is 55.5 Å². The van der Waals surface area contributed by atoms with Crippen LogP contribution in [0.15, 0.2) is 29.9 Å². The topological polar surface area (TPSA) is 135 Å². The summed E-state index contributed by atoms with van der Waals surface area (Å²) in [6.45, 7) is 2.56. The van der Waals surface area contributed by atoms with Crippen LogP contribution in [0, 0.1) is 0 Å². The first-order chi connectivity index (χ1) is 15.8. The lowest BCUT2D eigenvalue weighted by atomic mass is 9.90. The fourth-order valence-electron chi connectivity index (χ4n) is 4.49. The molecule has 1 fully saturated rings. The summed E-state index contributed by atoms with van der Waals surface area (Å²) in [4.78, 5) is 24.4. The molecular formula is C24H29NO8. The Hall–Kier alpha value is -2.88. The number of hydrogen-bond acceptors (Lipinski definition) is 8. The van der Waals surface area contributed by atoms with E-state index in [9.17, 15) is 24.9 Å². The number of carbonyl (C=O) groups excluding carboxylic acids is 2. The van der Waals surface area contributed by atoms with Crippen molar-refractivity contribution in [2.75, 3.05) is 0 Å². The maximum Gasteiger partial charge on any atom is 0.217 e. The van der Waals surface area contributed by atoms with E-state index in [0.717, 1.165) is 18.4 Å². The van der Waals surface area contributed by atoms with E-state index in [1.807, 2.05) is 18.2 Å². The molecule has 4 N–H and O–H groups in total. The first-order valence-electron chi connectivity index (χ1n) is 11.1. The Morgan fingerprint density at radius 2 is 2.12 bits per heavy atom. The molecule has 2 heterocycles. The molecule has 9 nitrogen and oxygen atoms in total. The molecule has 0 radical (unpaired) electrons. The molecule has 0 bridgehead atoms. The molecule has 5 unspecified atom stereocenters. The van der Waals surface area contributed by atoms with Gasteiger partial charge in [-0.3, -0.25) is 9.59 Å². The van der Waals surface area contributed by atoms with Crippen molar-refractivity contribution in [3.8, 4) is 17.2 Å². The SMILES string of the molecule is CC(=O)NC1CC(Oc2cc(CO)c3c(c2O)OC(C2=CCCC=C2)CC3=O)OC(C)C1O. The molecule has 1 saturated heterocycles. The number of aromatic hydroxyl groups is 1. The number of allylic oxidation sites excluding steroid dienone is 2. The minimum absolute atomic E-state index is 0.0189. The minimum atomic E-state index is -0.919. The van der Waals surface area contributed by atoms with Crippen molar-refractivity contribution in [3.63, 3.8) is 0 Å². The Balaban J connectivity index is 1.63. The van der Waals surface area contributed by atoms with Crippen LogP contribution in [-0.4, -0.2) is 57.7 Å². The number of carbonyl (C=O) groups is 2. The number of aliphatic hydroxyl groups excluding tert-OH is 2. The Bertz CT molecular complexity index is 1000. The van der Waals surface area contributed by atoms with Gasteiger partial charge in [-0.1, -0.05) is 18.2 Å². The van der Waals surface area contributed by atoms with Gasteiger partial charge in [0.2, 0.25) is 17.9 Å². The van der Waals surface area contributed by atoms with Crippen LogP contribution in [0.5, 0.6) is 17.2 Å². The van der Waals surface area contributed by atoms with Crippen molar-refractivity contribution < 1.29 is 39.1 Å². The van der Waals surface area contributed by atoms with Crippen molar-refractivity contribution in [1.82, 2.24) is 5.32 Å². The van der Waals surface area contributed by atoms with Gasteiger partial charge in [-0.25, -0.2) is 0 Å². The standard InChI is InChI=1S/C24H29NO8/c1-12-22(29)16(25-13(2)27)9-20(31-12)32-19-8-15(11-26)21-17(28)10-18(33-24(21)23(19)30)14-6-4-3-5-7-14/h4,6-8,12,16,18,20,22,26,29-30H,3,5,9-11H2,1-2H3,(H,25,27). The molecule has 1 aromatic rings. The van der Waals surface area contributed by atoms with Crippen LogP contribution in [-0.2, 0) is 16.1 Å². The number of phenols is 1. The second-order valence-electron chi connectivity index (χ2n) is 8.58. The van der Waals surface area contributed by atoms with Crippen molar-refractivity contribution in [1.29, 1.82) is 0 Å². The van der Waals surface area contributed by atoms with Gasteiger partial charge in [-0.15, -0.1) is 0 Å². The Kier molecular flexibility index (Phi) is 6.73. The summed E-state index contributed by atoms with van der Waals surface area (Å²) in [5.74, 6) is -0.938. The number of phenolic OH excluding ortho intramolecular Hbond substituents is 1. The molecule has 3 aliphatic rings. The summed E-state index contributed by atoms with van der Waals surface area (Å²) in [5.41, 5.74) is 1.29. The molecule has 9 heteroatoms. The van der Waals surface area contributed by atoms with E-state index in [1.54, 1.807) is 6.92 Å². The van der Waals surface area contributed by atoms with Gasteiger partial charge in [0.15, 0.2) is 17.3 Å². The number of amides is 1. The molecule has 0 saturated carbocycles. The predicted octanol–water partition coefficient (Wildman–Crippen LogP) is 1.87. The van der Waals surface area contributed by atoms with Crippen LogP contribution >= 0.6 is 0 Å². The highest BCUT2D eigenvalue weighted by Gasteiger charge is 2.39. The zero-order valence-corrected chi connectivity index (χ0v) is 18.6. The van der Waals surface area contributed by atoms with Crippen molar-refractivity contribution >= 4 is 11.7 Å². The summed E-state index contributed by atoms with van der Waals surface area (Å²) in [6, 6.07) is 0.794. The van der Waals surface area contributed by atoms with E-state index in [0.29, 0.717) is 0 Å². The highest BCUT2D eigenvalue weighted by molar-refractivity contribution is 6.03. The molecule has 33 heavy (non-hydrogen) atoms. The third-order valence-corrected chi connectivity index (χ3v) is 6.13. The van der Waals surface area contributed by atoms with Gasteiger partial charge >= 0.3 is 0 Å². The summed E-state index contributed by atoms with van der Waals surface area (Å²) >= 11 is 0. The highest BCUT2D eigenvalue weighted by atomic mass is 16.7. The summed E-state index contributed by atoms with van der Waals surface area (Å²) in [6.07, 6.45) is 4.97. The highest BCUT2D eigenvalue weighted by Crippen LogP contribution is 2.46. The number of nitrogens with one attached hydrogen (secondary N) is 1. The van der Waals surface area contributed by atoms with Gasteiger partial charge in [-0.05, 0) is 37.0 Å². The maximum absolute atomic E-state index is 12.9. The average molecular weight is 459 g/mol. The number of aliphatic hydroxyl groups is 2. The average Bonchev–Trinajstić information content (AvgIpc) is 2.79. The third kappa shape index (κ3) is 4.75. The van der Waals surface area contributed by atoms with E-state index in [-0.39, 0.29) is 52.9 Å². The number of benzene rings is 1. The fraction of sp³-hybridized carbons (Fsp3) is 0.500. The van der Waals surface area contributed by atoms with Crippen LogP contribution in [0.25, 0.3) is 0 Å². The minimum Gasteiger partial charge on any atom is -0.502 e. The lowest BCUT2D eigenvalue weighted by Gasteiger charge is -2.38. The number of ketones is 1. The molecule has 0 spiro atoms. The lowest BCUT2D eigenvalue weighted by Crippen LogP contribution is -2.55. The van der Waals surface area contributed by atoms with E-state index in [1.165, 1.54) is 13.0 Å². The van der Waals surface area contributed by atoms with E-state index in [2.05, 4.69) is 5.32 Å². The smallest absolute Gasteiger partial charge is 0.217 e. The van der Waals surface area contributed by atoms with Crippen LogP contribution in [0.2, 0.25) is 0 Å². The molecule has 2 aliphatic heterocycles. The molecule has 178 valence electrons.